The van der Waals surface area contributed by atoms with Crippen molar-refractivity contribution in [2.24, 2.45) is 5.73 Å². The molecule has 1 aliphatic heterocycles. The molecule has 1 aromatic rings. The van der Waals surface area contributed by atoms with Gasteiger partial charge in [-0.2, -0.15) is 0 Å². The van der Waals surface area contributed by atoms with Gasteiger partial charge in [-0.1, -0.05) is 29.9 Å². The van der Waals surface area contributed by atoms with Crippen LogP contribution in [0, 0.1) is 6.92 Å². The van der Waals surface area contributed by atoms with Crippen LogP contribution in [0.2, 0.25) is 0 Å². The second kappa shape index (κ2) is 7.38. The van der Waals surface area contributed by atoms with Crippen molar-refractivity contribution in [2.75, 3.05) is 25.0 Å². The molecular formula is C15H22N4OS. The number of carbonyl (C=O) groups excluding carboxylic acids is 1. The topological polar surface area (TPSA) is 70.4 Å². The minimum absolute atomic E-state index is 0.147. The van der Waals surface area contributed by atoms with E-state index in [-0.39, 0.29) is 12.1 Å². The molecule has 5 nitrogen and oxygen atoms in total. The first-order valence-corrected chi connectivity index (χ1v) is 7.58. The normalized spacial score (nSPS) is 16.4. The molecule has 1 heterocycles. The molecule has 6 heteroatoms. The fourth-order valence-corrected chi connectivity index (χ4v) is 2.63. The van der Waals surface area contributed by atoms with Crippen LogP contribution in [0.4, 0.5) is 10.5 Å². The minimum Gasteiger partial charge on any atom is -0.392 e. The molecule has 0 saturated carbocycles. The number of aryl methyl sites for hydroxylation is 1. The Bertz CT molecular complexity index is 495. The lowest BCUT2D eigenvalue weighted by atomic mass is 10.1. The number of hydrogen-bond acceptors (Lipinski definition) is 3. The highest BCUT2D eigenvalue weighted by Crippen LogP contribution is 2.11. The number of nitrogens with zero attached hydrogens (tertiary/aromatic N) is 1. The average Bonchev–Trinajstić information content (AvgIpc) is 2.43. The van der Waals surface area contributed by atoms with E-state index >= 15 is 0 Å². The fourth-order valence-electron chi connectivity index (χ4n) is 2.45. The highest BCUT2D eigenvalue weighted by Gasteiger charge is 2.20. The third-order valence-electron chi connectivity index (χ3n) is 3.61. The highest BCUT2D eigenvalue weighted by atomic mass is 32.1. The Labute approximate surface area is 130 Å². The number of anilines is 1. The Balaban J connectivity index is 1.74. The zero-order chi connectivity index (χ0) is 15.2. The van der Waals surface area contributed by atoms with E-state index in [0.29, 0.717) is 11.5 Å². The summed E-state index contributed by atoms with van der Waals surface area (Å²) in [5.74, 6) is 0. The first-order chi connectivity index (χ1) is 10.0. The monoisotopic (exact) mass is 306 g/mol. The molecule has 1 aromatic carbocycles. The van der Waals surface area contributed by atoms with Crippen LogP contribution in [0.25, 0.3) is 0 Å². The number of benzene rings is 1. The molecule has 2 amide bonds. The minimum atomic E-state index is -0.147. The summed E-state index contributed by atoms with van der Waals surface area (Å²) in [6.45, 7) is 4.50. The standard InChI is InChI=1S/C15H22N4OS/c1-11-2-4-12(5-3-11)17-15(20)18-13-6-8-19(9-7-13)10-14(16)21/h2-5,13H,6-10H2,1H3,(H2,16,21)(H2,17,18,20). The Morgan fingerprint density at radius 3 is 2.52 bits per heavy atom. The lowest BCUT2D eigenvalue weighted by molar-refractivity contribution is 0.213. The van der Waals surface area contributed by atoms with Crippen molar-refractivity contribution in [3.05, 3.63) is 29.8 Å². The van der Waals surface area contributed by atoms with Gasteiger partial charge in [0.1, 0.15) is 0 Å². The van der Waals surface area contributed by atoms with Crippen molar-refractivity contribution in [3.8, 4) is 0 Å². The number of likely N-dealkylation sites (tertiary alicyclic amines) is 1. The van der Waals surface area contributed by atoms with Gasteiger partial charge in [-0.05, 0) is 31.9 Å². The van der Waals surface area contributed by atoms with Crippen molar-refractivity contribution in [1.82, 2.24) is 10.2 Å². The number of hydrogen-bond donors (Lipinski definition) is 3. The van der Waals surface area contributed by atoms with Gasteiger partial charge < -0.3 is 16.4 Å². The third-order valence-corrected chi connectivity index (χ3v) is 3.74. The predicted octanol–water partition coefficient (Wildman–Crippen LogP) is 1.87. The number of amides is 2. The first kappa shape index (κ1) is 15.7. The Morgan fingerprint density at radius 2 is 1.95 bits per heavy atom. The molecule has 1 fully saturated rings. The summed E-state index contributed by atoms with van der Waals surface area (Å²) in [5.41, 5.74) is 7.53. The van der Waals surface area contributed by atoms with Crippen LogP contribution in [-0.2, 0) is 0 Å². The maximum Gasteiger partial charge on any atom is 0.319 e. The van der Waals surface area contributed by atoms with Crippen LogP contribution < -0.4 is 16.4 Å². The van der Waals surface area contributed by atoms with E-state index in [1.165, 1.54) is 5.56 Å². The SMILES string of the molecule is Cc1ccc(NC(=O)NC2CCN(CC(N)=S)CC2)cc1. The fraction of sp³-hybridized carbons (Fsp3) is 0.467. The Morgan fingerprint density at radius 1 is 1.33 bits per heavy atom. The van der Waals surface area contributed by atoms with Crippen LogP contribution in [0.3, 0.4) is 0 Å². The number of thiocarbonyl (C=S) groups is 1. The van der Waals surface area contributed by atoms with Gasteiger partial charge in [-0.25, -0.2) is 4.79 Å². The number of nitrogens with one attached hydrogen (secondary N) is 2. The number of urea groups is 1. The molecule has 21 heavy (non-hydrogen) atoms. The van der Waals surface area contributed by atoms with E-state index in [1.807, 2.05) is 31.2 Å². The van der Waals surface area contributed by atoms with Gasteiger partial charge in [-0.15, -0.1) is 0 Å². The molecule has 0 aromatic heterocycles. The first-order valence-electron chi connectivity index (χ1n) is 7.18. The third kappa shape index (κ3) is 5.32. The van der Waals surface area contributed by atoms with Gasteiger partial charge in [0.05, 0.1) is 4.99 Å². The van der Waals surface area contributed by atoms with Gasteiger partial charge >= 0.3 is 6.03 Å². The van der Waals surface area contributed by atoms with E-state index in [9.17, 15) is 4.79 Å². The van der Waals surface area contributed by atoms with Crippen molar-refractivity contribution in [2.45, 2.75) is 25.8 Å². The van der Waals surface area contributed by atoms with E-state index in [0.717, 1.165) is 31.6 Å². The van der Waals surface area contributed by atoms with E-state index in [4.69, 9.17) is 18.0 Å². The molecule has 1 aliphatic rings. The lowest BCUT2D eigenvalue weighted by Gasteiger charge is -2.31. The van der Waals surface area contributed by atoms with Crippen LogP contribution in [0.1, 0.15) is 18.4 Å². The Hall–Kier alpha value is -1.66. The number of carbonyl (C=O) groups is 1. The van der Waals surface area contributed by atoms with Crippen LogP contribution in [-0.4, -0.2) is 41.6 Å². The highest BCUT2D eigenvalue weighted by molar-refractivity contribution is 7.80. The summed E-state index contributed by atoms with van der Waals surface area (Å²) in [7, 11) is 0. The largest absolute Gasteiger partial charge is 0.392 e. The maximum atomic E-state index is 11.9. The molecule has 0 atom stereocenters. The second-order valence-corrected chi connectivity index (χ2v) is 6.01. The molecular weight excluding hydrogens is 284 g/mol. The molecule has 0 spiro atoms. The van der Waals surface area contributed by atoms with Crippen LogP contribution >= 0.6 is 12.2 Å². The number of piperidine rings is 1. The van der Waals surface area contributed by atoms with Crippen molar-refractivity contribution < 1.29 is 4.79 Å². The molecule has 1 saturated heterocycles. The molecule has 114 valence electrons. The predicted molar refractivity (Wildman–Crippen MR) is 89.6 cm³/mol. The summed E-state index contributed by atoms with van der Waals surface area (Å²) in [4.78, 5) is 14.7. The molecule has 0 radical (unpaired) electrons. The summed E-state index contributed by atoms with van der Waals surface area (Å²) in [5, 5.41) is 5.87. The van der Waals surface area contributed by atoms with Gasteiger partial charge in [0.2, 0.25) is 0 Å². The number of nitrogens with two attached hydrogens (primary N) is 1. The zero-order valence-electron chi connectivity index (χ0n) is 12.3. The van der Waals surface area contributed by atoms with E-state index < -0.39 is 0 Å². The Kier molecular flexibility index (Phi) is 5.52. The molecule has 2 rings (SSSR count). The molecule has 0 unspecified atom stereocenters. The van der Waals surface area contributed by atoms with Crippen molar-refractivity contribution >= 4 is 28.9 Å². The van der Waals surface area contributed by atoms with Gasteiger partial charge in [0.15, 0.2) is 0 Å². The van der Waals surface area contributed by atoms with Gasteiger partial charge in [-0.3, -0.25) is 4.90 Å². The van der Waals surface area contributed by atoms with E-state index in [2.05, 4.69) is 15.5 Å². The summed E-state index contributed by atoms with van der Waals surface area (Å²) >= 11 is 4.91. The average molecular weight is 306 g/mol. The number of rotatable bonds is 4. The maximum absolute atomic E-state index is 11.9. The van der Waals surface area contributed by atoms with Crippen LogP contribution in [0.15, 0.2) is 24.3 Å². The lowest BCUT2D eigenvalue weighted by Crippen LogP contribution is -2.47. The van der Waals surface area contributed by atoms with Gasteiger partial charge in [0.25, 0.3) is 0 Å². The molecule has 0 bridgehead atoms. The summed E-state index contributed by atoms with van der Waals surface area (Å²) in [6.07, 6.45) is 1.84. The summed E-state index contributed by atoms with van der Waals surface area (Å²) < 4.78 is 0. The quantitative estimate of drug-likeness (QED) is 0.743. The molecule has 4 N–H and O–H groups in total. The zero-order valence-corrected chi connectivity index (χ0v) is 13.1. The molecule has 0 aliphatic carbocycles. The second-order valence-electron chi connectivity index (χ2n) is 5.48. The van der Waals surface area contributed by atoms with E-state index in [1.54, 1.807) is 0 Å². The summed E-state index contributed by atoms with van der Waals surface area (Å²) in [6, 6.07) is 7.82. The van der Waals surface area contributed by atoms with Crippen molar-refractivity contribution in [3.63, 3.8) is 0 Å². The van der Waals surface area contributed by atoms with Crippen LogP contribution in [0.5, 0.6) is 0 Å². The van der Waals surface area contributed by atoms with Gasteiger partial charge in [0, 0.05) is 31.4 Å². The smallest absolute Gasteiger partial charge is 0.319 e. The van der Waals surface area contributed by atoms with Crippen molar-refractivity contribution in [1.29, 1.82) is 0 Å².